The van der Waals surface area contributed by atoms with E-state index in [-0.39, 0.29) is 23.3 Å². The third-order valence-electron chi connectivity index (χ3n) is 3.76. The van der Waals surface area contributed by atoms with Crippen LogP contribution in [0, 0.1) is 5.82 Å². The number of nitrogens with one attached hydrogen (secondary N) is 1. The van der Waals surface area contributed by atoms with Gasteiger partial charge in [-0.15, -0.1) is 10.2 Å². The average molecular weight is 372 g/mol. The van der Waals surface area contributed by atoms with Crippen molar-refractivity contribution in [3.8, 4) is 17.1 Å². The van der Waals surface area contributed by atoms with Crippen LogP contribution in [-0.4, -0.2) is 23.2 Å². The Kier molecular flexibility index (Phi) is 5.43. The van der Waals surface area contributed by atoms with Crippen molar-refractivity contribution in [2.75, 3.05) is 7.11 Å². The van der Waals surface area contributed by atoms with Crippen LogP contribution in [0.5, 0.6) is 5.88 Å². The summed E-state index contributed by atoms with van der Waals surface area (Å²) in [6.07, 6.45) is 0. The molecule has 2 aromatic carbocycles. The van der Waals surface area contributed by atoms with Crippen LogP contribution in [-0.2, 0) is 6.54 Å². The predicted octanol–water partition coefficient (Wildman–Crippen LogP) is 3.87. The zero-order valence-electron chi connectivity index (χ0n) is 13.9. The van der Waals surface area contributed by atoms with Crippen LogP contribution in [0.3, 0.4) is 0 Å². The molecule has 0 fully saturated rings. The molecule has 0 saturated heterocycles. The lowest BCUT2D eigenvalue weighted by Crippen LogP contribution is -2.23. The first-order valence-electron chi connectivity index (χ1n) is 7.77. The summed E-state index contributed by atoms with van der Waals surface area (Å²) >= 11 is 6.24. The average Bonchev–Trinajstić information content (AvgIpc) is 2.67. The van der Waals surface area contributed by atoms with E-state index in [1.165, 1.54) is 13.2 Å². The van der Waals surface area contributed by atoms with Gasteiger partial charge in [-0.2, -0.15) is 0 Å². The Balaban J connectivity index is 1.74. The van der Waals surface area contributed by atoms with Gasteiger partial charge in [-0.25, -0.2) is 4.39 Å². The minimum absolute atomic E-state index is 0.0769. The summed E-state index contributed by atoms with van der Waals surface area (Å²) in [4.78, 5) is 12.3. The minimum Gasteiger partial charge on any atom is -0.480 e. The summed E-state index contributed by atoms with van der Waals surface area (Å²) in [7, 11) is 1.51. The predicted molar refractivity (Wildman–Crippen MR) is 96.6 cm³/mol. The smallest absolute Gasteiger partial charge is 0.253 e. The van der Waals surface area contributed by atoms with Crippen molar-refractivity contribution in [2.24, 2.45) is 0 Å². The monoisotopic (exact) mass is 371 g/mol. The molecule has 0 radical (unpaired) electrons. The van der Waals surface area contributed by atoms with E-state index in [4.69, 9.17) is 16.3 Å². The Morgan fingerprint density at radius 1 is 1.15 bits per heavy atom. The van der Waals surface area contributed by atoms with Crippen LogP contribution in [0.1, 0.15) is 15.9 Å². The molecular formula is C19H15ClFN3O2. The molecule has 3 aromatic rings. The zero-order chi connectivity index (χ0) is 18.5. The number of nitrogens with zero attached hydrogens (tertiary/aromatic N) is 2. The van der Waals surface area contributed by atoms with Gasteiger partial charge in [0, 0.05) is 23.7 Å². The van der Waals surface area contributed by atoms with Gasteiger partial charge in [-0.1, -0.05) is 35.9 Å². The van der Waals surface area contributed by atoms with Gasteiger partial charge in [0.25, 0.3) is 5.91 Å². The van der Waals surface area contributed by atoms with E-state index < -0.39 is 0 Å². The number of ether oxygens (including phenoxy) is 1. The highest BCUT2D eigenvalue weighted by molar-refractivity contribution is 6.34. The Bertz CT molecular complexity index is 932. The van der Waals surface area contributed by atoms with E-state index in [2.05, 4.69) is 15.5 Å². The number of aromatic nitrogens is 2. The number of rotatable bonds is 5. The van der Waals surface area contributed by atoms with Crippen molar-refractivity contribution in [1.29, 1.82) is 0 Å². The molecule has 0 aliphatic rings. The van der Waals surface area contributed by atoms with Crippen molar-refractivity contribution in [3.05, 3.63) is 76.6 Å². The Morgan fingerprint density at radius 2 is 1.96 bits per heavy atom. The van der Waals surface area contributed by atoms with Crippen LogP contribution < -0.4 is 10.1 Å². The molecule has 26 heavy (non-hydrogen) atoms. The Labute approximate surface area is 154 Å². The lowest BCUT2D eigenvalue weighted by Gasteiger charge is -2.09. The molecule has 1 heterocycles. The quantitative estimate of drug-likeness (QED) is 0.739. The SMILES string of the molecule is COc1ccc(-c2ccc(C(=O)NCc3ccccc3F)c(Cl)c2)nn1. The van der Waals surface area contributed by atoms with Crippen molar-refractivity contribution in [1.82, 2.24) is 15.5 Å². The van der Waals surface area contributed by atoms with E-state index in [0.717, 1.165) is 5.56 Å². The number of methoxy groups -OCH3 is 1. The second-order valence-electron chi connectivity index (χ2n) is 5.43. The van der Waals surface area contributed by atoms with Gasteiger partial charge in [-0.05, 0) is 24.3 Å². The summed E-state index contributed by atoms with van der Waals surface area (Å²) in [6, 6.07) is 14.7. The van der Waals surface area contributed by atoms with Gasteiger partial charge >= 0.3 is 0 Å². The molecule has 0 unspecified atom stereocenters. The molecule has 0 atom stereocenters. The second kappa shape index (κ2) is 7.93. The second-order valence-corrected chi connectivity index (χ2v) is 5.84. The first kappa shape index (κ1) is 17.8. The normalized spacial score (nSPS) is 10.4. The van der Waals surface area contributed by atoms with E-state index in [1.54, 1.807) is 48.5 Å². The van der Waals surface area contributed by atoms with E-state index in [1.807, 2.05) is 0 Å². The maximum absolute atomic E-state index is 13.6. The van der Waals surface area contributed by atoms with Crippen molar-refractivity contribution >= 4 is 17.5 Å². The standard InChI is InChI=1S/C19H15ClFN3O2/c1-26-18-9-8-17(23-24-18)12-6-7-14(15(20)10-12)19(25)22-11-13-4-2-3-5-16(13)21/h2-10H,11H2,1H3,(H,22,25). The highest BCUT2D eigenvalue weighted by Crippen LogP contribution is 2.25. The van der Waals surface area contributed by atoms with Crippen molar-refractivity contribution < 1.29 is 13.9 Å². The molecule has 1 amide bonds. The van der Waals surface area contributed by atoms with Crippen LogP contribution in [0.15, 0.2) is 54.6 Å². The number of hydrogen-bond acceptors (Lipinski definition) is 4. The van der Waals surface area contributed by atoms with Crippen molar-refractivity contribution in [3.63, 3.8) is 0 Å². The first-order chi connectivity index (χ1) is 12.6. The Morgan fingerprint density at radius 3 is 2.62 bits per heavy atom. The highest BCUT2D eigenvalue weighted by atomic mass is 35.5. The number of amides is 1. The van der Waals surface area contributed by atoms with Gasteiger partial charge in [0.2, 0.25) is 5.88 Å². The highest BCUT2D eigenvalue weighted by Gasteiger charge is 2.13. The molecule has 0 aliphatic heterocycles. The van der Waals surface area contributed by atoms with Crippen LogP contribution >= 0.6 is 11.6 Å². The molecule has 1 N–H and O–H groups in total. The zero-order valence-corrected chi connectivity index (χ0v) is 14.6. The maximum Gasteiger partial charge on any atom is 0.253 e. The minimum atomic E-state index is -0.384. The van der Waals surface area contributed by atoms with Crippen LogP contribution in [0.4, 0.5) is 4.39 Å². The molecule has 0 bridgehead atoms. The summed E-state index contributed by atoms with van der Waals surface area (Å²) in [5, 5.41) is 10.9. The third kappa shape index (κ3) is 3.97. The van der Waals surface area contributed by atoms with Gasteiger partial charge < -0.3 is 10.1 Å². The molecular weight excluding hydrogens is 357 g/mol. The number of hydrogen-bond donors (Lipinski definition) is 1. The number of benzene rings is 2. The molecule has 5 nitrogen and oxygen atoms in total. The molecule has 7 heteroatoms. The number of halogens is 2. The largest absolute Gasteiger partial charge is 0.480 e. The summed E-state index contributed by atoms with van der Waals surface area (Å²) < 4.78 is 18.6. The number of carbonyl (C=O) groups is 1. The van der Waals surface area contributed by atoms with Gasteiger partial charge in [0.1, 0.15) is 5.82 Å². The van der Waals surface area contributed by atoms with Crippen LogP contribution in [0.25, 0.3) is 11.3 Å². The van der Waals surface area contributed by atoms with Gasteiger partial charge in [0.05, 0.1) is 23.4 Å². The first-order valence-corrected chi connectivity index (χ1v) is 8.15. The molecule has 0 saturated carbocycles. The molecule has 0 aliphatic carbocycles. The maximum atomic E-state index is 13.6. The molecule has 0 spiro atoms. The summed E-state index contributed by atoms with van der Waals surface area (Å²) in [5.74, 6) is -0.345. The molecule has 132 valence electrons. The molecule has 3 rings (SSSR count). The summed E-state index contributed by atoms with van der Waals surface area (Å²) in [6.45, 7) is 0.0769. The van der Waals surface area contributed by atoms with Crippen molar-refractivity contribution in [2.45, 2.75) is 6.54 Å². The fraction of sp³-hybridized carbons (Fsp3) is 0.105. The summed E-state index contributed by atoms with van der Waals surface area (Å²) in [5.41, 5.74) is 2.03. The third-order valence-corrected chi connectivity index (χ3v) is 4.07. The fourth-order valence-corrected chi connectivity index (χ4v) is 2.62. The topological polar surface area (TPSA) is 64.1 Å². The van der Waals surface area contributed by atoms with Gasteiger partial charge in [0.15, 0.2) is 0 Å². The van der Waals surface area contributed by atoms with Gasteiger partial charge in [-0.3, -0.25) is 4.79 Å². The van der Waals surface area contributed by atoms with E-state index in [9.17, 15) is 9.18 Å². The molecule has 1 aromatic heterocycles. The van der Waals surface area contributed by atoms with Crippen LogP contribution in [0.2, 0.25) is 5.02 Å². The fourth-order valence-electron chi connectivity index (χ4n) is 2.35. The lowest BCUT2D eigenvalue weighted by atomic mass is 10.1. The lowest BCUT2D eigenvalue weighted by molar-refractivity contribution is 0.0951. The van der Waals surface area contributed by atoms with E-state index in [0.29, 0.717) is 22.7 Å². The van der Waals surface area contributed by atoms with E-state index >= 15 is 0 Å². The number of carbonyl (C=O) groups excluding carboxylic acids is 1. The Hall–Kier alpha value is -2.99.